The van der Waals surface area contributed by atoms with Gasteiger partial charge < -0.3 is 20.3 Å². The van der Waals surface area contributed by atoms with Crippen LogP contribution in [0.1, 0.15) is 33.6 Å². The molecule has 2 N–H and O–H groups in total. The van der Waals surface area contributed by atoms with Gasteiger partial charge in [-0.1, -0.05) is 17.7 Å². The monoisotopic (exact) mass is 494 g/mol. The quantitative estimate of drug-likeness (QED) is 0.262. The van der Waals surface area contributed by atoms with Crippen LogP contribution in [0.25, 0.3) is 0 Å². The Balaban J connectivity index is 0.00000338. The lowest BCUT2D eigenvalue weighted by Gasteiger charge is -2.35. The molecule has 1 saturated heterocycles. The Morgan fingerprint density at radius 2 is 2.08 bits per heavy atom. The highest BCUT2D eigenvalue weighted by Gasteiger charge is 2.21. The fraction of sp³-hybridized carbons (Fsp3) is 0.632. The summed E-state index contributed by atoms with van der Waals surface area (Å²) in [5, 5.41) is 7.56. The summed E-state index contributed by atoms with van der Waals surface area (Å²) in [4.78, 5) is 7.15. The summed E-state index contributed by atoms with van der Waals surface area (Å²) < 4.78 is 5.69. The van der Waals surface area contributed by atoms with E-state index in [9.17, 15) is 0 Å². The third kappa shape index (κ3) is 8.31. The first-order valence-corrected chi connectivity index (χ1v) is 9.63. The Morgan fingerprint density at radius 1 is 1.35 bits per heavy atom. The van der Waals surface area contributed by atoms with Gasteiger partial charge in [0, 0.05) is 36.7 Å². The van der Waals surface area contributed by atoms with Crippen molar-refractivity contribution in [3.8, 4) is 5.75 Å². The zero-order valence-corrected chi connectivity index (χ0v) is 19.1. The molecule has 2 rings (SSSR count). The van der Waals surface area contributed by atoms with Crippen LogP contribution in [0.15, 0.2) is 29.3 Å². The third-order valence-corrected chi connectivity index (χ3v) is 4.61. The van der Waals surface area contributed by atoms with Crippen molar-refractivity contribution >= 4 is 41.5 Å². The van der Waals surface area contributed by atoms with Gasteiger partial charge in [0.05, 0.1) is 6.54 Å². The predicted molar refractivity (Wildman–Crippen MR) is 121 cm³/mol. The number of benzene rings is 1. The zero-order chi connectivity index (χ0) is 18.1. The van der Waals surface area contributed by atoms with Crippen LogP contribution in [0.5, 0.6) is 5.75 Å². The van der Waals surface area contributed by atoms with E-state index in [1.54, 1.807) is 0 Å². The Kier molecular flexibility index (Phi) is 11.3. The first-order valence-electron chi connectivity index (χ1n) is 9.25. The minimum atomic E-state index is 0. The van der Waals surface area contributed by atoms with Crippen molar-refractivity contribution < 1.29 is 4.74 Å². The van der Waals surface area contributed by atoms with E-state index in [-0.39, 0.29) is 24.0 Å². The molecule has 0 unspecified atom stereocenters. The van der Waals surface area contributed by atoms with Crippen molar-refractivity contribution in [1.82, 2.24) is 15.5 Å². The molecule has 1 aromatic rings. The van der Waals surface area contributed by atoms with Gasteiger partial charge in [-0.05, 0) is 51.8 Å². The lowest BCUT2D eigenvalue weighted by molar-refractivity contribution is 0.167. The number of aliphatic imine (C=N–C) groups is 1. The molecule has 0 radical (unpaired) electrons. The van der Waals surface area contributed by atoms with Crippen molar-refractivity contribution in [2.24, 2.45) is 4.99 Å². The SMILES string of the molecule is CCNC(=NCCOc1cccc(Cl)c1)NC1CCN(C(C)C)CC1.I. The van der Waals surface area contributed by atoms with E-state index >= 15 is 0 Å². The standard InChI is InChI=1S/C19H31ClN4O.HI/c1-4-21-19(23-17-8-11-24(12-9-17)15(2)3)22-10-13-25-18-7-5-6-16(20)14-18;/h5-7,14-15,17H,4,8-13H2,1-3H3,(H2,21,22,23);1H. The van der Waals surface area contributed by atoms with Crippen molar-refractivity contribution in [2.75, 3.05) is 32.8 Å². The maximum Gasteiger partial charge on any atom is 0.191 e. The smallest absolute Gasteiger partial charge is 0.191 e. The maximum absolute atomic E-state index is 5.96. The number of guanidine groups is 1. The molecule has 0 saturated carbocycles. The molecule has 1 aliphatic rings. The summed E-state index contributed by atoms with van der Waals surface area (Å²) >= 11 is 5.96. The average molecular weight is 495 g/mol. The number of likely N-dealkylation sites (tertiary alicyclic amines) is 1. The highest BCUT2D eigenvalue weighted by molar-refractivity contribution is 14.0. The Labute approximate surface area is 179 Å². The molecule has 1 aliphatic heterocycles. The van der Waals surface area contributed by atoms with Gasteiger partial charge in [-0.3, -0.25) is 0 Å². The number of ether oxygens (including phenoxy) is 1. The number of piperidine rings is 1. The number of nitrogens with zero attached hydrogens (tertiary/aromatic N) is 2. The van der Waals surface area contributed by atoms with Gasteiger partial charge in [0.1, 0.15) is 12.4 Å². The molecule has 0 aromatic heterocycles. The number of hydrogen-bond acceptors (Lipinski definition) is 3. The Morgan fingerprint density at radius 3 is 2.69 bits per heavy atom. The molecule has 148 valence electrons. The number of rotatable bonds is 7. The van der Waals surface area contributed by atoms with E-state index in [4.69, 9.17) is 16.3 Å². The van der Waals surface area contributed by atoms with Crippen LogP contribution in [-0.2, 0) is 0 Å². The van der Waals surface area contributed by atoms with Gasteiger partial charge >= 0.3 is 0 Å². The van der Waals surface area contributed by atoms with E-state index in [2.05, 4.69) is 41.3 Å². The maximum atomic E-state index is 5.96. The minimum absolute atomic E-state index is 0. The van der Waals surface area contributed by atoms with Gasteiger partial charge in [-0.25, -0.2) is 4.99 Å². The van der Waals surface area contributed by atoms with Crippen LogP contribution in [0.2, 0.25) is 5.02 Å². The fourth-order valence-electron chi connectivity index (χ4n) is 2.95. The summed E-state index contributed by atoms with van der Waals surface area (Å²) in [7, 11) is 0. The highest BCUT2D eigenvalue weighted by atomic mass is 127. The van der Waals surface area contributed by atoms with Gasteiger partial charge in [0.15, 0.2) is 5.96 Å². The normalized spacial score (nSPS) is 16.3. The van der Waals surface area contributed by atoms with E-state index in [0.717, 1.165) is 44.2 Å². The molecular weight excluding hydrogens is 463 g/mol. The van der Waals surface area contributed by atoms with Crippen LogP contribution in [0.3, 0.4) is 0 Å². The van der Waals surface area contributed by atoms with Gasteiger partial charge in [0.2, 0.25) is 0 Å². The van der Waals surface area contributed by atoms with E-state index < -0.39 is 0 Å². The number of hydrogen-bond donors (Lipinski definition) is 2. The molecule has 7 heteroatoms. The first kappa shape index (κ1) is 23.3. The molecule has 0 amide bonds. The van der Waals surface area contributed by atoms with Crippen molar-refractivity contribution in [3.05, 3.63) is 29.3 Å². The second kappa shape index (κ2) is 12.6. The summed E-state index contributed by atoms with van der Waals surface area (Å²) in [6.07, 6.45) is 2.31. The largest absolute Gasteiger partial charge is 0.492 e. The average Bonchev–Trinajstić information content (AvgIpc) is 2.59. The second-order valence-electron chi connectivity index (χ2n) is 6.61. The second-order valence-corrected chi connectivity index (χ2v) is 7.05. The van der Waals surface area contributed by atoms with Gasteiger partial charge in [-0.15, -0.1) is 24.0 Å². The zero-order valence-electron chi connectivity index (χ0n) is 16.0. The number of nitrogens with one attached hydrogen (secondary N) is 2. The molecule has 5 nitrogen and oxygen atoms in total. The minimum Gasteiger partial charge on any atom is -0.492 e. The molecule has 1 aromatic carbocycles. The van der Waals surface area contributed by atoms with Crippen molar-refractivity contribution in [2.45, 2.75) is 45.7 Å². The molecule has 0 aliphatic carbocycles. The first-order chi connectivity index (χ1) is 12.1. The third-order valence-electron chi connectivity index (χ3n) is 4.37. The Bertz CT molecular complexity index is 548. The van der Waals surface area contributed by atoms with Gasteiger partial charge in [0.25, 0.3) is 0 Å². The highest BCUT2D eigenvalue weighted by Crippen LogP contribution is 2.17. The fourth-order valence-corrected chi connectivity index (χ4v) is 3.13. The summed E-state index contributed by atoms with van der Waals surface area (Å²) in [5.41, 5.74) is 0. The van der Waals surface area contributed by atoms with E-state index in [1.165, 1.54) is 0 Å². The van der Waals surface area contributed by atoms with Crippen molar-refractivity contribution in [1.29, 1.82) is 0 Å². The topological polar surface area (TPSA) is 48.9 Å². The molecular formula is C19H32ClIN4O. The van der Waals surface area contributed by atoms with Crippen LogP contribution in [0, 0.1) is 0 Å². The molecule has 0 bridgehead atoms. The molecule has 26 heavy (non-hydrogen) atoms. The van der Waals surface area contributed by atoms with E-state index in [0.29, 0.717) is 30.3 Å². The predicted octanol–water partition coefficient (Wildman–Crippen LogP) is 3.76. The number of halogens is 2. The lowest BCUT2D eigenvalue weighted by Crippen LogP contribution is -2.50. The lowest BCUT2D eigenvalue weighted by atomic mass is 10.0. The van der Waals surface area contributed by atoms with Crippen LogP contribution in [0.4, 0.5) is 0 Å². The van der Waals surface area contributed by atoms with Crippen LogP contribution < -0.4 is 15.4 Å². The van der Waals surface area contributed by atoms with Crippen molar-refractivity contribution in [3.63, 3.8) is 0 Å². The van der Waals surface area contributed by atoms with Crippen LogP contribution in [-0.4, -0.2) is 55.7 Å². The molecule has 0 atom stereocenters. The van der Waals surface area contributed by atoms with Crippen LogP contribution >= 0.6 is 35.6 Å². The molecule has 1 heterocycles. The Hall–Kier alpha value is -0.730. The molecule has 0 spiro atoms. The van der Waals surface area contributed by atoms with Gasteiger partial charge in [-0.2, -0.15) is 0 Å². The summed E-state index contributed by atoms with van der Waals surface area (Å²) in [6, 6.07) is 8.56. The summed E-state index contributed by atoms with van der Waals surface area (Å²) in [5.74, 6) is 1.65. The molecule has 1 fully saturated rings. The van der Waals surface area contributed by atoms with E-state index in [1.807, 2.05) is 24.3 Å². The summed E-state index contributed by atoms with van der Waals surface area (Å²) in [6.45, 7) is 10.9.